The molecule has 136 valence electrons. The fourth-order valence-electron chi connectivity index (χ4n) is 5.34. The molecule has 0 aromatic rings. The fraction of sp³-hybridized carbons (Fsp3) is 1.00. The lowest BCUT2D eigenvalue weighted by Crippen LogP contribution is -2.28. The number of alkyl halides is 1. The molecular weight excluding hydrogens is 300 g/mol. The van der Waals surface area contributed by atoms with Gasteiger partial charge >= 0.3 is 0 Å². The first-order chi connectivity index (χ1) is 11.1. The van der Waals surface area contributed by atoms with E-state index in [1.807, 2.05) is 0 Å². The van der Waals surface area contributed by atoms with E-state index in [1.54, 1.807) is 0 Å². The molecule has 2 fully saturated rings. The van der Waals surface area contributed by atoms with Gasteiger partial charge in [-0.1, -0.05) is 52.9 Å². The van der Waals surface area contributed by atoms with Crippen LogP contribution in [0.5, 0.6) is 0 Å². The zero-order valence-corrected chi connectivity index (χ0v) is 16.8. The minimum atomic E-state index is 0.484. The van der Waals surface area contributed by atoms with Crippen molar-refractivity contribution in [3.05, 3.63) is 0 Å². The van der Waals surface area contributed by atoms with Crippen molar-refractivity contribution in [1.82, 2.24) is 0 Å². The van der Waals surface area contributed by atoms with Crippen molar-refractivity contribution < 1.29 is 0 Å². The monoisotopic (exact) mass is 340 g/mol. The van der Waals surface area contributed by atoms with Crippen molar-refractivity contribution in [1.29, 1.82) is 0 Å². The van der Waals surface area contributed by atoms with Crippen LogP contribution in [-0.2, 0) is 0 Å². The Morgan fingerprint density at radius 1 is 0.783 bits per heavy atom. The SMILES string of the molecule is CCC(C)CCCC(CC)C1CCC(C2CCC(Cl)CC2)CC1. The third kappa shape index (κ3) is 6.26. The molecule has 2 aliphatic rings. The highest BCUT2D eigenvalue weighted by Gasteiger charge is 2.32. The maximum Gasteiger partial charge on any atom is 0.0336 e. The number of rotatable bonds is 8. The normalized spacial score (nSPS) is 35.0. The van der Waals surface area contributed by atoms with Gasteiger partial charge in [0, 0.05) is 5.38 Å². The fourth-order valence-corrected chi connectivity index (χ4v) is 5.60. The van der Waals surface area contributed by atoms with E-state index in [2.05, 4.69) is 20.8 Å². The molecule has 0 bridgehead atoms. The zero-order valence-electron chi connectivity index (χ0n) is 16.0. The first-order valence-electron chi connectivity index (χ1n) is 10.8. The van der Waals surface area contributed by atoms with Crippen LogP contribution in [0.15, 0.2) is 0 Å². The van der Waals surface area contributed by atoms with Gasteiger partial charge in [-0.15, -0.1) is 11.6 Å². The molecule has 2 rings (SSSR count). The third-order valence-electron chi connectivity index (χ3n) is 7.34. The standard InChI is InChI=1S/C22H41Cl/c1-4-17(3)7-6-8-18(5-2)19-9-11-20(12-10-19)21-13-15-22(23)16-14-21/h17-22H,4-16H2,1-3H3. The summed E-state index contributed by atoms with van der Waals surface area (Å²) in [5.74, 6) is 5.03. The molecule has 0 amide bonds. The quantitative estimate of drug-likeness (QED) is 0.395. The predicted octanol–water partition coefficient (Wildman–Crippen LogP) is 7.83. The van der Waals surface area contributed by atoms with E-state index in [0.717, 1.165) is 29.6 Å². The molecule has 2 atom stereocenters. The van der Waals surface area contributed by atoms with Crippen LogP contribution < -0.4 is 0 Å². The van der Waals surface area contributed by atoms with Gasteiger partial charge in [-0.25, -0.2) is 0 Å². The summed E-state index contributed by atoms with van der Waals surface area (Å²) in [5, 5.41) is 0.484. The van der Waals surface area contributed by atoms with Crippen LogP contribution in [-0.4, -0.2) is 5.38 Å². The van der Waals surface area contributed by atoms with E-state index in [4.69, 9.17) is 11.6 Å². The van der Waals surface area contributed by atoms with Crippen LogP contribution in [0.3, 0.4) is 0 Å². The third-order valence-corrected chi connectivity index (χ3v) is 7.78. The number of hydrogen-bond acceptors (Lipinski definition) is 0. The van der Waals surface area contributed by atoms with Gasteiger partial charge in [0.1, 0.15) is 0 Å². The highest BCUT2D eigenvalue weighted by atomic mass is 35.5. The van der Waals surface area contributed by atoms with Crippen LogP contribution in [0.2, 0.25) is 0 Å². The van der Waals surface area contributed by atoms with Gasteiger partial charge in [0.25, 0.3) is 0 Å². The largest absolute Gasteiger partial charge is 0.123 e. The molecular formula is C22H41Cl. The summed E-state index contributed by atoms with van der Waals surface area (Å²) in [6, 6.07) is 0. The molecule has 0 aromatic heterocycles. The van der Waals surface area contributed by atoms with Crippen LogP contribution in [0.1, 0.15) is 104 Å². The Bertz CT molecular complexity index is 297. The lowest BCUT2D eigenvalue weighted by atomic mass is 9.67. The van der Waals surface area contributed by atoms with Crippen molar-refractivity contribution in [3.8, 4) is 0 Å². The summed E-state index contributed by atoms with van der Waals surface area (Å²) in [6.45, 7) is 7.18. The highest BCUT2D eigenvalue weighted by molar-refractivity contribution is 6.20. The maximum absolute atomic E-state index is 6.29. The second-order valence-corrected chi connectivity index (χ2v) is 9.42. The minimum Gasteiger partial charge on any atom is -0.123 e. The molecule has 0 heterocycles. The molecule has 0 saturated heterocycles. The Morgan fingerprint density at radius 3 is 1.87 bits per heavy atom. The van der Waals surface area contributed by atoms with Gasteiger partial charge in [-0.2, -0.15) is 0 Å². The van der Waals surface area contributed by atoms with Crippen LogP contribution in [0.4, 0.5) is 0 Å². The first-order valence-corrected chi connectivity index (χ1v) is 11.2. The average Bonchev–Trinajstić information content (AvgIpc) is 2.59. The lowest BCUT2D eigenvalue weighted by molar-refractivity contribution is 0.133. The van der Waals surface area contributed by atoms with Gasteiger partial charge in [0.15, 0.2) is 0 Å². The summed E-state index contributed by atoms with van der Waals surface area (Å²) in [5.41, 5.74) is 0. The zero-order chi connectivity index (χ0) is 16.7. The predicted molar refractivity (Wildman–Crippen MR) is 104 cm³/mol. The van der Waals surface area contributed by atoms with Crippen molar-refractivity contribution in [2.75, 3.05) is 0 Å². The van der Waals surface area contributed by atoms with E-state index in [-0.39, 0.29) is 0 Å². The van der Waals surface area contributed by atoms with E-state index < -0.39 is 0 Å². The topological polar surface area (TPSA) is 0 Å². The first kappa shape index (κ1) is 19.6. The molecule has 2 unspecified atom stereocenters. The van der Waals surface area contributed by atoms with Gasteiger partial charge in [0.2, 0.25) is 0 Å². The minimum absolute atomic E-state index is 0.484. The van der Waals surface area contributed by atoms with Gasteiger partial charge in [-0.05, 0) is 81.0 Å². The maximum atomic E-state index is 6.29. The molecule has 23 heavy (non-hydrogen) atoms. The summed E-state index contributed by atoms with van der Waals surface area (Å²) in [6.07, 6.45) is 18.6. The molecule has 0 spiro atoms. The van der Waals surface area contributed by atoms with E-state index in [0.29, 0.717) is 5.38 Å². The molecule has 0 nitrogen and oxygen atoms in total. The lowest BCUT2D eigenvalue weighted by Gasteiger charge is -2.39. The number of halogens is 1. The van der Waals surface area contributed by atoms with Crippen molar-refractivity contribution >= 4 is 11.6 Å². The summed E-state index contributed by atoms with van der Waals surface area (Å²) < 4.78 is 0. The van der Waals surface area contributed by atoms with E-state index >= 15 is 0 Å². The molecule has 0 aromatic carbocycles. The molecule has 2 aliphatic carbocycles. The molecule has 0 aliphatic heterocycles. The Kier molecular flexibility index (Phi) is 8.80. The van der Waals surface area contributed by atoms with Crippen LogP contribution in [0, 0.1) is 29.6 Å². The molecule has 0 radical (unpaired) electrons. The summed E-state index contributed by atoms with van der Waals surface area (Å²) >= 11 is 6.29. The van der Waals surface area contributed by atoms with Crippen LogP contribution >= 0.6 is 11.6 Å². The van der Waals surface area contributed by atoms with Gasteiger partial charge in [-0.3, -0.25) is 0 Å². The Labute approximate surface area is 151 Å². The van der Waals surface area contributed by atoms with Gasteiger partial charge in [0.05, 0.1) is 0 Å². The Balaban J connectivity index is 1.69. The van der Waals surface area contributed by atoms with Crippen molar-refractivity contribution in [2.24, 2.45) is 29.6 Å². The van der Waals surface area contributed by atoms with E-state index in [9.17, 15) is 0 Å². The Morgan fingerprint density at radius 2 is 1.35 bits per heavy atom. The summed E-state index contributed by atoms with van der Waals surface area (Å²) in [7, 11) is 0. The second-order valence-electron chi connectivity index (χ2n) is 8.80. The summed E-state index contributed by atoms with van der Waals surface area (Å²) in [4.78, 5) is 0. The molecule has 0 N–H and O–H groups in total. The second kappa shape index (κ2) is 10.3. The average molecular weight is 341 g/mol. The smallest absolute Gasteiger partial charge is 0.0336 e. The van der Waals surface area contributed by atoms with Gasteiger partial charge < -0.3 is 0 Å². The number of hydrogen-bond donors (Lipinski definition) is 0. The highest BCUT2D eigenvalue weighted by Crippen LogP contribution is 2.43. The molecule has 2 saturated carbocycles. The van der Waals surface area contributed by atoms with Crippen LogP contribution in [0.25, 0.3) is 0 Å². The van der Waals surface area contributed by atoms with E-state index in [1.165, 1.54) is 83.5 Å². The van der Waals surface area contributed by atoms with Crippen molar-refractivity contribution in [2.45, 2.75) is 110 Å². The Hall–Kier alpha value is 0.290. The van der Waals surface area contributed by atoms with Crippen molar-refractivity contribution in [3.63, 3.8) is 0 Å². The molecule has 1 heteroatoms.